The third-order valence-electron chi connectivity index (χ3n) is 32.7. The normalized spacial score (nSPS) is 21.3. The smallest absolute Gasteiger partial charge is 0.216 e. The number of ketones is 3. The van der Waals surface area contributed by atoms with Crippen LogP contribution in [0.1, 0.15) is 212 Å². The number of aromatic nitrogens is 3. The first-order chi connectivity index (χ1) is 68.7. The summed E-state index contributed by atoms with van der Waals surface area (Å²) in [4.78, 5) is 43.0. The van der Waals surface area contributed by atoms with Crippen molar-refractivity contribution in [3.63, 3.8) is 0 Å². The standard InChI is InChI=1S/C48H44N2O2.C42H36N2O2.C36H32Cl4N2O2/c1-47(2)37-21-13-11-19-33(37)27-35-29-39(49(45(35)47)25-23-31-15-7-5-8-16-31)41-43(51)42(44(41)52)40-30-36-28-34-20-12-14-22-38(34)48(3,4)46(36)50(40)26-24-32-17-9-6-10-18-32;1-25-17-19-29-21-35(43(39(25)29)23-31-13-7-11-27-9-3-5-15-33(27)31)37-41(45)38(42(37)46)36-22-30-20-18-26(2)40(30)44(36)24-32-14-8-12-28-10-4-6-16-34(28)32;1-19-3-5-23-15-29(41(33(19)23)13-11-21-7-9-25(37)17-27(21)39)31-35(43)32(36(31)44)30-16-24-6-4-20(2)34(24)42(30)14-12-22-8-10-26(38)18-28(22)40/h5-22,29-30H,23-28H2,1-4H3;3-16,21-22,25-26H,17-20,23-24H2,1-2H3;7-10,15-20H,3-6,11-14H2,1-2H3. The van der Waals surface area contributed by atoms with Gasteiger partial charge in [-0.05, 0) is 227 Å². The number of halogens is 4. The number of allylic oxidation sites excluding steroid dienone is 12. The van der Waals surface area contributed by atoms with Crippen LogP contribution in [0.15, 0.2) is 335 Å². The van der Waals surface area contributed by atoms with Crippen LogP contribution in [0.5, 0.6) is 0 Å². The number of aryl methyl sites for hydroxylation is 4. The summed E-state index contributed by atoms with van der Waals surface area (Å²) in [5.41, 5.74) is 32.9. The van der Waals surface area contributed by atoms with Crippen LogP contribution in [0.4, 0.5) is 0 Å². The van der Waals surface area contributed by atoms with E-state index in [0.717, 1.165) is 122 Å². The number of hydrogen-bond acceptors (Lipinski definition) is 6. The maximum Gasteiger partial charge on any atom is 0.216 e. The van der Waals surface area contributed by atoms with Gasteiger partial charge in [-0.3, -0.25) is 14.4 Å². The van der Waals surface area contributed by atoms with E-state index < -0.39 is 0 Å². The molecule has 142 heavy (non-hydrogen) atoms. The average Bonchev–Trinajstić information content (AvgIpc) is 1.54. The van der Waals surface area contributed by atoms with E-state index in [1.165, 1.54) is 134 Å². The van der Waals surface area contributed by atoms with Gasteiger partial charge in [-0.15, -0.1) is 0 Å². The van der Waals surface area contributed by atoms with E-state index in [4.69, 9.17) is 46.4 Å². The van der Waals surface area contributed by atoms with E-state index >= 15 is 0 Å². The van der Waals surface area contributed by atoms with Gasteiger partial charge in [0.15, 0.2) is 36.8 Å². The van der Waals surface area contributed by atoms with Gasteiger partial charge in [0.25, 0.3) is 0 Å². The van der Waals surface area contributed by atoms with Crippen LogP contribution in [0.25, 0.3) is 38.3 Å². The lowest BCUT2D eigenvalue weighted by Crippen LogP contribution is -2.41. The molecule has 12 nitrogen and oxygen atoms in total. The van der Waals surface area contributed by atoms with E-state index in [1.54, 1.807) is 12.1 Å². The first-order valence-corrected chi connectivity index (χ1v) is 52.2. The molecule has 0 saturated heterocycles. The predicted molar refractivity (Wildman–Crippen MR) is 566 cm³/mol. The van der Waals surface area contributed by atoms with Crippen molar-refractivity contribution in [3.8, 4) is 0 Å². The highest BCUT2D eigenvalue weighted by Gasteiger charge is 2.52. The molecule has 710 valence electrons. The van der Waals surface area contributed by atoms with Crippen molar-refractivity contribution in [3.05, 3.63) is 461 Å². The van der Waals surface area contributed by atoms with Crippen molar-refractivity contribution >= 4 is 119 Å². The number of rotatable bonds is 19. The lowest BCUT2D eigenvalue weighted by Gasteiger charge is -2.36. The highest BCUT2D eigenvalue weighted by molar-refractivity contribution is 6.41. The fourth-order valence-corrected chi connectivity index (χ4v) is 26.8. The summed E-state index contributed by atoms with van der Waals surface area (Å²) >= 11 is 25.3. The van der Waals surface area contributed by atoms with Crippen LogP contribution in [0, 0.1) is 11.8 Å². The zero-order chi connectivity index (χ0) is 97.7. The molecule has 25 rings (SSSR count). The summed E-state index contributed by atoms with van der Waals surface area (Å²) in [6.07, 6.45) is 19.1. The largest absolute Gasteiger partial charge is 0.871 e. The minimum absolute atomic E-state index is 0.115. The number of nitrogens with zero attached hydrogens (tertiary/aromatic N) is 6. The highest BCUT2D eigenvalue weighted by Crippen LogP contribution is 2.53. The molecule has 0 radical (unpaired) electrons. The van der Waals surface area contributed by atoms with Gasteiger partial charge < -0.3 is 29.0 Å². The molecule has 0 bridgehead atoms. The number of carbonyl (C=O) groups is 3. The van der Waals surface area contributed by atoms with Crippen molar-refractivity contribution < 1.29 is 43.4 Å². The Hall–Kier alpha value is -13.2. The van der Waals surface area contributed by atoms with Gasteiger partial charge in [0.05, 0.1) is 39.2 Å². The van der Waals surface area contributed by atoms with E-state index in [1.807, 2.05) is 36.4 Å². The van der Waals surface area contributed by atoms with Crippen molar-refractivity contribution in [2.24, 2.45) is 11.8 Å². The molecular weight excluding hydrogens is 1840 g/mol. The lowest BCUT2D eigenvalue weighted by molar-refractivity contribution is -0.488. The second-order valence-corrected chi connectivity index (χ2v) is 43.7. The highest BCUT2D eigenvalue weighted by atomic mass is 35.5. The van der Waals surface area contributed by atoms with Gasteiger partial charge in [0.2, 0.25) is 34.4 Å². The maximum atomic E-state index is 14.7. The second kappa shape index (κ2) is 36.6. The summed E-state index contributed by atoms with van der Waals surface area (Å²) in [5, 5.41) is 50.3. The molecule has 9 aliphatic carbocycles. The molecule has 12 aliphatic rings. The van der Waals surface area contributed by atoms with Gasteiger partial charge >= 0.3 is 0 Å². The Balaban J connectivity index is 0.000000119. The fourth-order valence-electron chi connectivity index (χ4n) is 25.8. The molecule has 4 atom stereocenters. The summed E-state index contributed by atoms with van der Waals surface area (Å²) in [5.74, 6) is 0.645. The number of hydrogen-bond donors (Lipinski definition) is 0. The molecule has 4 unspecified atom stereocenters. The molecular formula is C126H112Cl4N6O6. The Morgan fingerprint density at radius 3 is 1.36 bits per heavy atom. The van der Waals surface area contributed by atoms with E-state index in [-0.39, 0.29) is 45.5 Å². The molecule has 10 aromatic carbocycles. The minimum atomic E-state index is -0.284. The molecule has 2 saturated carbocycles. The molecule has 2 fully saturated rings. The van der Waals surface area contributed by atoms with Crippen molar-refractivity contribution in [2.75, 3.05) is 13.1 Å². The fraction of sp³-hybridized carbons (Fsp3) is 0.270. The predicted octanol–water partition coefficient (Wildman–Crippen LogP) is 24.2. The van der Waals surface area contributed by atoms with Crippen LogP contribution < -0.4 is 15.3 Å². The third-order valence-corrected chi connectivity index (χ3v) is 33.8. The molecule has 0 spiro atoms. The van der Waals surface area contributed by atoms with Gasteiger partial charge in [-0.25, -0.2) is 0 Å². The van der Waals surface area contributed by atoms with Gasteiger partial charge in [0.1, 0.15) is 0 Å². The molecule has 0 amide bonds. The molecule has 3 aliphatic heterocycles. The van der Waals surface area contributed by atoms with Crippen LogP contribution in [-0.2, 0) is 103 Å². The molecule has 6 heterocycles. The number of carbonyl (C=O) groups excluding carboxylic acids is 3. The van der Waals surface area contributed by atoms with Crippen LogP contribution >= 0.6 is 46.4 Å². The van der Waals surface area contributed by atoms with Crippen LogP contribution in [-0.4, -0.2) is 75.0 Å². The lowest BCUT2D eigenvalue weighted by atomic mass is 9.69. The topological polar surface area (TPSA) is 144 Å². The Labute approximate surface area is 850 Å². The van der Waals surface area contributed by atoms with Crippen LogP contribution in [0.3, 0.4) is 0 Å². The summed E-state index contributed by atoms with van der Waals surface area (Å²) in [6, 6.07) is 85.5. The molecule has 16 heteroatoms. The van der Waals surface area contributed by atoms with Gasteiger partial charge in [0, 0.05) is 151 Å². The van der Waals surface area contributed by atoms with E-state index in [2.05, 4.69) is 301 Å². The minimum Gasteiger partial charge on any atom is -0.871 e. The summed E-state index contributed by atoms with van der Waals surface area (Å²) < 4.78 is 13.6. The Kier molecular flexibility index (Phi) is 23.9. The van der Waals surface area contributed by atoms with Crippen molar-refractivity contribution in [2.45, 2.75) is 194 Å². The first kappa shape index (κ1) is 92.5. The Bertz CT molecular complexity index is 8040. The monoisotopic (exact) mass is 1940 g/mol. The molecule has 3 aromatic heterocycles. The Morgan fingerprint density at radius 1 is 0.359 bits per heavy atom. The van der Waals surface area contributed by atoms with Gasteiger partial charge in [-0.2, -0.15) is 13.7 Å². The zero-order valence-electron chi connectivity index (χ0n) is 81.5. The average molecular weight is 1950 g/mol. The summed E-state index contributed by atoms with van der Waals surface area (Å²) in [7, 11) is 0. The maximum absolute atomic E-state index is 14.7. The van der Waals surface area contributed by atoms with Crippen molar-refractivity contribution in [1.82, 2.24) is 13.7 Å². The number of fused-ring (bicyclic) bond motifs is 10. The quantitative estimate of drug-likeness (QED) is 0.0582. The van der Waals surface area contributed by atoms with E-state index in [9.17, 15) is 29.7 Å². The van der Waals surface area contributed by atoms with E-state index in [0.29, 0.717) is 129 Å². The number of Topliss-reactive ketones (excluding diaryl/α,β-unsaturated/α-hetero) is 3. The molecule has 13 aromatic rings. The van der Waals surface area contributed by atoms with Crippen molar-refractivity contribution in [1.29, 1.82) is 0 Å². The second-order valence-electron chi connectivity index (χ2n) is 42.0. The zero-order valence-corrected chi connectivity index (χ0v) is 84.5. The first-order valence-electron chi connectivity index (χ1n) is 50.7. The SMILES string of the molecule is CC1(C)C2=[N+](CCc3ccccc3)C(=C3C(=O)C(c4cc5c(n4CCc4ccccc4)C(C)(C)c4ccccc4C5)=C3[O-])C=C2Cc2ccccc21.CC1CCC2=C/C(=C3/C(=O)C(c4cc5c(n4CCc4ccc(Cl)cc4Cl)C(C)CC5)=C3[O-])[N+](CCc3ccc(Cl)cc3Cl)=C21.CC1CCC2=C/C(=C3/C(=O)C(c4cc5c(n4Cc4cccc6ccccc46)C(C)CC5)=C3[O-])[N+](Cc3cccc4ccccc34)=C21. The third kappa shape index (κ3) is 15.8. The number of benzene rings is 10. The van der Waals surface area contributed by atoms with Crippen LogP contribution in [0.2, 0.25) is 20.1 Å². The molecule has 0 N–H and O–H groups in total. The van der Waals surface area contributed by atoms with Gasteiger partial charge in [-0.1, -0.05) is 311 Å². The summed E-state index contributed by atoms with van der Waals surface area (Å²) in [6.45, 7) is 22.0. The Morgan fingerprint density at radius 2 is 0.789 bits per heavy atom.